The maximum Gasteiger partial charge on any atom is 0.193 e. The normalized spacial score (nSPS) is 14.0. The van der Waals surface area contributed by atoms with Crippen LogP contribution in [0.5, 0.6) is 5.75 Å². The van der Waals surface area contributed by atoms with Gasteiger partial charge in [0, 0.05) is 23.5 Å². The van der Waals surface area contributed by atoms with E-state index in [0.29, 0.717) is 5.56 Å². The lowest BCUT2D eigenvalue weighted by Gasteiger charge is -2.16. The maximum atomic E-state index is 12.7. The molecule has 0 fully saturated rings. The quantitative estimate of drug-likeness (QED) is 0.789. The van der Waals surface area contributed by atoms with Crippen molar-refractivity contribution in [2.45, 2.75) is 33.1 Å². The second-order valence-corrected chi connectivity index (χ2v) is 5.54. The smallest absolute Gasteiger partial charge is 0.193 e. The molecular weight excluding hydrogens is 262 g/mol. The van der Waals surface area contributed by atoms with Crippen LogP contribution in [-0.4, -0.2) is 17.4 Å². The number of nitrogens with zero attached hydrogens (tertiary/aromatic N) is 1. The van der Waals surface area contributed by atoms with Crippen molar-refractivity contribution in [2.75, 3.05) is 6.61 Å². The Bertz CT molecular complexity index is 677. The molecule has 0 unspecified atom stereocenters. The summed E-state index contributed by atoms with van der Waals surface area (Å²) < 4.78 is 5.88. The van der Waals surface area contributed by atoms with E-state index in [-0.39, 0.29) is 5.78 Å². The van der Waals surface area contributed by atoms with E-state index < -0.39 is 0 Å². The van der Waals surface area contributed by atoms with Gasteiger partial charge in [0.2, 0.25) is 0 Å². The van der Waals surface area contributed by atoms with Gasteiger partial charge in [-0.2, -0.15) is 0 Å². The highest BCUT2D eigenvalue weighted by Gasteiger charge is 2.20. The molecule has 0 amide bonds. The zero-order valence-corrected chi connectivity index (χ0v) is 12.5. The lowest BCUT2D eigenvalue weighted by molar-refractivity contribution is 0.103. The number of ether oxygens (including phenoxy) is 1. The van der Waals surface area contributed by atoms with Crippen LogP contribution in [0.25, 0.3) is 0 Å². The number of carbonyl (C=O) groups is 1. The number of aryl methyl sites for hydroxylation is 1. The Balaban J connectivity index is 2.10. The minimum absolute atomic E-state index is 0.0602. The Hall–Kier alpha value is -2.16. The van der Waals surface area contributed by atoms with Crippen LogP contribution in [0.4, 0.5) is 0 Å². The minimum atomic E-state index is 0.0602. The fourth-order valence-corrected chi connectivity index (χ4v) is 2.94. The molecule has 0 N–H and O–H groups in total. The molecule has 1 aromatic heterocycles. The average molecular weight is 281 g/mol. The molecular formula is C18H19NO2. The fourth-order valence-electron chi connectivity index (χ4n) is 2.94. The highest BCUT2D eigenvalue weighted by molar-refractivity contribution is 6.10. The van der Waals surface area contributed by atoms with E-state index in [0.717, 1.165) is 48.3 Å². The van der Waals surface area contributed by atoms with E-state index >= 15 is 0 Å². The Morgan fingerprint density at radius 1 is 1.19 bits per heavy atom. The molecule has 0 atom stereocenters. The first-order valence-electron chi connectivity index (χ1n) is 7.39. The first-order chi connectivity index (χ1) is 10.2. The van der Waals surface area contributed by atoms with Gasteiger partial charge in [-0.3, -0.25) is 9.78 Å². The molecule has 0 aliphatic carbocycles. The van der Waals surface area contributed by atoms with Crippen molar-refractivity contribution in [2.24, 2.45) is 0 Å². The van der Waals surface area contributed by atoms with Crippen molar-refractivity contribution in [1.29, 1.82) is 0 Å². The number of pyridine rings is 1. The molecule has 2 heterocycles. The third-order valence-electron chi connectivity index (χ3n) is 4.10. The zero-order chi connectivity index (χ0) is 14.8. The Labute approximate surface area is 125 Å². The molecule has 1 aromatic carbocycles. The standard InChI is InChI=1S/C18H19NO2/c1-12-11-16(17(20)14-6-8-19-9-7-14)13(2)15-5-3-4-10-21-18(12)15/h6-9,11H,3-5,10H2,1-2H3. The molecule has 3 rings (SSSR count). The summed E-state index contributed by atoms with van der Waals surface area (Å²) in [5.74, 6) is 1.04. The first-order valence-corrected chi connectivity index (χ1v) is 7.39. The molecule has 1 aliphatic rings. The largest absolute Gasteiger partial charge is 0.493 e. The predicted molar refractivity (Wildman–Crippen MR) is 82.0 cm³/mol. The molecule has 1 aliphatic heterocycles. The third kappa shape index (κ3) is 2.56. The van der Waals surface area contributed by atoms with Gasteiger partial charge in [0.25, 0.3) is 0 Å². The van der Waals surface area contributed by atoms with Gasteiger partial charge in [-0.25, -0.2) is 0 Å². The van der Waals surface area contributed by atoms with Gasteiger partial charge in [0.1, 0.15) is 5.75 Å². The van der Waals surface area contributed by atoms with Gasteiger partial charge in [-0.15, -0.1) is 0 Å². The summed E-state index contributed by atoms with van der Waals surface area (Å²) >= 11 is 0. The molecule has 2 aromatic rings. The average Bonchev–Trinajstić information content (AvgIpc) is 2.77. The highest BCUT2D eigenvalue weighted by atomic mass is 16.5. The monoisotopic (exact) mass is 281 g/mol. The lowest BCUT2D eigenvalue weighted by atomic mass is 9.91. The first kappa shape index (κ1) is 13.8. The van der Waals surface area contributed by atoms with Crippen LogP contribution in [0.15, 0.2) is 30.6 Å². The number of hydrogen-bond acceptors (Lipinski definition) is 3. The Morgan fingerprint density at radius 3 is 2.71 bits per heavy atom. The second kappa shape index (κ2) is 5.68. The van der Waals surface area contributed by atoms with Crippen LogP contribution in [0.3, 0.4) is 0 Å². The van der Waals surface area contributed by atoms with E-state index in [4.69, 9.17) is 4.74 Å². The van der Waals surface area contributed by atoms with Crippen molar-refractivity contribution in [3.8, 4) is 5.75 Å². The maximum absolute atomic E-state index is 12.7. The minimum Gasteiger partial charge on any atom is -0.493 e. The van der Waals surface area contributed by atoms with Gasteiger partial charge >= 0.3 is 0 Å². The number of fused-ring (bicyclic) bond motifs is 1. The van der Waals surface area contributed by atoms with Crippen LogP contribution >= 0.6 is 0 Å². The van der Waals surface area contributed by atoms with E-state index in [1.165, 1.54) is 5.56 Å². The SMILES string of the molecule is Cc1cc(C(=O)c2ccncc2)c(C)c2c1OCCCC2. The Morgan fingerprint density at radius 2 is 1.95 bits per heavy atom. The Kier molecular flexibility index (Phi) is 3.74. The summed E-state index contributed by atoms with van der Waals surface area (Å²) in [6, 6.07) is 5.49. The number of ketones is 1. The molecule has 0 saturated heterocycles. The lowest BCUT2D eigenvalue weighted by Crippen LogP contribution is -2.08. The highest BCUT2D eigenvalue weighted by Crippen LogP contribution is 2.33. The summed E-state index contributed by atoms with van der Waals surface area (Å²) in [4.78, 5) is 16.7. The van der Waals surface area contributed by atoms with E-state index in [9.17, 15) is 4.79 Å². The van der Waals surface area contributed by atoms with Crippen LogP contribution in [-0.2, 0) is 6.42 Å². The zero-order valence-electron chi connectivity index (χ0n) is 12.5. The van der Waals surface area contributed by atoms with Gasteiger partial charge in [-0.05, 0) is 68.0 Å². The summed E-state index contributed by atoms with van der Waals surface area (Å²) in [6.45, 7) is 4.82. The molecule has 3 nitrogen and oxygen atoms in total. The van der Waals surface area contributed by atoms with E-state index in [1.54, 1.807) is 24.5 Å². The summed E-state index contributed by atoms with van der Waals surface area (Å²) in [5.41, 5.74) is 4.77. The van der Waals surface area contributed by atoms with E-state index in [2.05, 4.69) is 4.98 Å². The number of benzene rings is 1. The number of carbonyl (C=O) groups excluding carboxylic acids is 1. The fraction of sp³-hybridized carbons (Fsp3) is 0.333. The molecule has 0 saturated carbocycles. The molecule has 108 valence electrons. The second-order valence-electron chi connectivity index (χ2n) is 5.54. The number of aromatic nitrogens is 1. The van der Waals surface area contributed by atoms with Crippen LogP contribution < -0.4 is 4.74 Å². The molecule has 0 bridgehead atoms. The van der Waals surface area contributed by atoms with Crippen LogP contribution in [0.1, 0.15) is 45.5 Å². The van der Waals surface area contributed by atoms with Gasteiger partial charge in [0.05, 0.1) is 6.61 Å². The van der Waals surface area contributed by atoms with Gasteiger partial charge < -0.3 is 4.74 Å². The van der Waals surface area contributed by atoms with Gasteiger partial charge in [0.15, 0.2) is 5.78 Å². The topological polar surface area (TPSA) is 39.2 Å². The molecule has 0 spiro atoms. The van der Waals surface area contributed by atoms with Crippen molar-refractivity contribution < 1.29 is 9.53 Å². The third-order valence-corrected chi connectivity index (χ3v) is 4.10. The summed E-state index contributed by atoms with van der Waals surface area (Å²) in [7, 11) is 0. The van der Waals surface area contributed by atoms with Crippen molar-refractivity contribution in [3.63, 3.8) is 0 Å². The molecule has 0 radical (unpaired) electrons. The van der Waals surface area contributed by atoms with Crippen molar-refractivity contribution in [1.82, 2.24) is 4.98 Å². The summed E-state index contributed by atoms with van der Waals surface area (Å²) in [5, 5.41) is 0. The molecule has 3 heteroatoms. The van der Waals surface area contributed by atoms with Crippen molar-refractivity contribution >= 4 is 5.78 Å². The van der Waals surface area contributed by atoms with Gasteiger partial charge in [-0.1, -0.05) is 0 Å². The summed E-state index contributed by atoms with van der Waals surface area (Å²) in [6.07, 6.45) is 6.48. The van der Waals surface area contributed by atoms with Crippen molar-refractivity contribution in [3.05, 3.63) is 58.4 Å². The number of rotatable bonds is 2. The van der Waals surface area contributed by atoms with Crippen LogP contribution in [0, 0.1) is 13.8 Å². The molecule has 21 heavy (non-hydrogen) atoms. The predicted octanol–water partition coefficient (Wildman–Crippen LogP) is 3.64. The van der Waals surface area contributed by atoms with Crippen LogP contribution in [0.2, 0.25) is 0 Å². The van der Waals surface area contributed by atoms with E-state index in [1.807, 2.05) is 19.9 Å². The number of hydrogen-bond donors (Lipinski definition) is 0.